The molecule has 0 fully saturated rings. The van der Waals surface area contributed by atoms with E-state index in [9.17, 15) is 27.6 Å². The molecule has 1 aromatic heterocycles. The van der Waals surface area contributed by atoms with E-state index in [1.165, 1.54) is 0 Å². The molecule has 0 radical (unpaired) electrons. The first-order valence-corrected chi connectivity index (χ1v) is 8.87. The fourth-order valence-corrected chi connectivity index (χ4v) is 4.47. The van der Waals surface area contributed by atoms with Crippen LogP contribution in [0.3, 0.4) is 0 Å². The molecule has 1 N–H and O–H groups in total. The van der Waals surface area contributed by atoms with Gasteiger partial charge in [-0.3, -0.25) is 4.79 Å². The quantitative estimate of drug-likeness (QED) is 0.609. The number of anilines is 1. The van der Waals surface area contributed by atoms with Crippen LogP contribution in [0.1, 0.15) is 39.7 Å². The molecule has 1 heterocycles. The highest BCUT2D eigenvalue weighted by Gasteiger charge is 2.31. The van der Waals surface area contributed by atoms with Gasteiger partial charge in [0.1, 0.15) is 16.6 Å². The molecule has 0 bridgehead atoms. The number of carbonyl (C=O) groups is 1. The van der Waals surface area contributed by atoms with Crippen LogP contribution >= 0.6 is 11.3 Å². The summed E-state index contributed by atoms with van der Waals surface area (Å²) in [4.78, 5) is 13.2. The van der Waals surface area contributed by atoms with Gasteiger partial charge in [0, 0.05) is 4.88 Å². The second-order valence-electron chi connectivity index (χ2n) is 6.29. The van der Waals surface area contributed by atoms with Gasteiger partial charge in [0.05, 0.1) is 12.7 Å². The number of benzene rings is 1. The van der Waals surface area contributed by atoms with E-state index in [0.717, 1.165) is 41.7 Å². The van der Waals surface area contributed by atoms with E-state index >= 15 is 0 Å². The van der Waals surface area contributed by atoms with Crippen LogP contribution in [0.5, 0.6) is 5.75 Å². The van der Waals surface area contributed by atoms with E-state index in [-0.39, 0.29) is 10.6 Å². The molecule has 0 aliphatic heterocycles. The number of methoxy groups -OCH3 is 1. The lowest BCUT2D eigenvalue weighted by atomic mass is 9.88. The van der Waals surface area contributed by atoms with E-state index in [2.05, 4.69) is 17.0 Å². The van der Waals surface area contributed by atoms with Crippen molar-refractivity contribution >= 4 is 22.2 Å². The van der Waals surface area contributed by atoms with E-state index < -0.39 is 40.5 Å². The Hall–Kier alpha value is -2.60. The Morgan fingerprint density at radius 3 is 2.41 bits per heavy atom. The third-order valence-electron chi connectivity index (χ3n) is 4.50. The van der Waals surface area contributed by atoms with Crippen molar-refractivity contribution in [2.45, 2.75) is 26.2 Å². The first-order chi connectivity index (χ1) is 12.8. The van der Waals surface area contributed by atoms with Crippen LogP contribution in [0.4, 0.5) is 22.6 Å². The number of hydrogen-bond donors (Lipinski definition) is 1. The first kappa shape index (κ1) is 19.2. The topological polar surface area (TPSA) is 62.1 Å². The van der Waals surface area contributed by atoms with E-state index in [1.807, 2.05) is 6.07 Å². The number of ether oxygens (including phenoxy) is 1. The Morgan fingerprint density at radius 1 is 1.22 bits per heavy atom. The molecule has 1 aromatic carbocycles. The number of halogens is 4. The molecule has 9 heteroatoms. The number of carbonyl (C=O) groups excluding carboxylic acids is 1. The van der Waals surface area contributed by atoms with Crippen molar-refractivity contribution in [3.8, 4) is 11.8 Å². The lowest BCUT2D eigenvalue weighted by molar-refractivity contribution is 0.101. The fraction of sp³-hybridized carbons (Fsp3) is 0.333. The summed E-state index contributed by atoms with van der Waals surface area (Å²) in [5.41, 5.74) is -0.399. The van der Waals surface area contributed by atoms with Crippen LogP contribution in [0.2, 0.25) is 0 Å². The summed E-state index contributed by atoms with van der Waals surface area (Å²) in [5, 5.41) is 11.7. The van der Waals surface area contributed by atoms with Gasteiger partial charge in [-0.25, -0.2) is 8.78 Å². The van der Waals surface area contributed by atoms with Gasteiger partial charge in [0.15, 0.2) is 17.4 Å². The number of nitriles is 1. The average molecular weight is 398 g/mol. The highest BCUT2D eigenvalue weighted by molar-refractivity contribution is 7.16. The number of thiophene rings is 1. The maximum absolute atomic E-state index is 14.1. The second-order valence-corrected chi connectivity index (χ2v) is 7.39. The number of rotatable bonds is 3. The van der Waals surface area contributed by atoms with Crippen molar-refractivity contribution in [2.24, 2.45) is 5.92 Å². The molecule has 1 aliphatic carbocycles. The molecule has 1 amide bonds. The van der Waals surface area contributed by atoms with Gasteiger partial charge in [0.2, 0.25) is 11.6 Å². The van der Waals surface area contributed by atoms with Crippen molar-refractivity contribution < 1.29 is 27.1 Å². The van der Waals surface area contributed by atoms with Crippen molar-refractivity contribution in [3.63, 3.8) is 0 Å². The van der Waals surface area contributed by atoms with Crippen molar-refractivity contribution in [2.75, 3.05) is 12.4 Å². The Labute approximate surface area is 156 Å². The lowest BCUT2D eigenvalue weighted by Crippen LogP contribution is -2.18. The number of amides is 1. The van der Waals surface area contributed by atoms with Gasteiger partial charge in [0.25, 0.3) is 5.91 Å². The molecule has 1 atom stereocenters. The summed E-state index contributed by atoms with van der Waals surface area (Å²) in [6.45, 7) is 2.06. The number of nitrogens with zero attached hydrogens (tertiary/aromatic N) is 1. The molecule has 0 saturated heterocycles. The van der Waals surface area contributed by atoms with Crippen LogP contribution in [0.15, 0.2) is 0 Å². The molecular formula is C18H14F4N2O2S. The minimum atomic E-state index is -1.86. The molecule has 2 aromatic rings. The van der Waals surface area contributed by atoms with Crippen LogP contribution in [0.25, 0.3) is 0 Å². The summed E-state index contributed by atoms with van der Waals surface area (Å²) in [6.07, 6.45) is 2.25. The van der Waals surface area contributed by atoms with Gasteiger partial charge in [-0.05, 0) is 30.7 Å². The molecule has 0 saturated carbocycles. The van der Waals surface area contributed by atoms with Crippen LogP contribution in [-0.2, 0) is 12.8 Å². The maximum atomic E-state index is 14.1. The van der Waals surface area contributed by atoms with Crippen molar-refractivity contribution in [1.82, 2.24) is 0 Å². The molecule has 142 valence electrons. The summed E-state index contributed by atoms with van der Waals surface area (Å²) < 4.78 is 60.2. The highest BCUT2D eigenvalue weighted by Crippen LogP contribution is 2.39. The third-order valence-corrected chi connectivity index (χ3v) is 5.67. The Kier molecular flexibility index (Phi) is 5.11. The predicted molar refractivity (Wildman–Crippen MR) is 91.0 cm³/mol. The van der Waals surface area contributed by atoms with Crippen LogP contribution in [0, 0.1) is 40.5 Å². The first-order valence-electron chi connectivity index (χ1n) is 8.06. The maximum Gasteiger partial charge on any atom is 0.262 e. The largest absolute Gasteiger partial charge is 0.491 e. The molecule has 4 nitrogen and oxygen atoms in total. The Morgan fingerprint density at radius 2 is 1.85 bits per heavy atom. The SMILES string of the molecule is COc1c(F)c(F)c(C(=O)Nc2sc3c(c2C#N)CC[C@@H](C)C3)c(F)c1F. The van der Waals surface area contributed by atoms with Crippen LogP contribution < -0.4 is 10.1 Å². The Balaban J connectivity index is 2.02. The van der Waals surface area contributed by atoms with Gasteiger partial charge in [-0.1, -0.05) is 6.92 Å². The predicted octanol–water partition coefficient (Wildman–Crippen LogP) is 4.56. The summed E-state index contributed by atoms with van der Waals surface area (Å²) in [6, 6.07) is 1.99. The zero-order chi connectivity index (χ0) is 19.9. The van der Waals surface area contributed by atoms with Crippen molar-refractivity contribution in [1.29, 1.82) is 5.26 Å². The highest BCUT2D eigenvalue weighted by atomic mass is 32.1. The van der Waals surface area contributed by atoms with Crippen LogP contribution in [-0.4, -0.2) is 13.0 Å². The second kappa shape index (κ2) is 7.19. The molecule has 1 aliphatic rings. The normalized spacial score (nSPS) is 15.8. The molecule has 0 unspecified atom stereocenters. The lowest BCUT2D eigenvalue weighted by Gasteiger charge is -2.17. The van der Waals surface area contributed by atoms with E-state index in [0.29, 0.717) is 12.3 Å². The molecule has 27 heavy (non-hydrogen) atoms. The summed E-state index contributed by atoms with van der Waals surface area (Å²) in [5.74, 6) is -9.56. The zero-order valence-electron chi connectivity index (χ0n) is 14.4. The molecule has 3 rings (SSSR count). The summed E-state index contributed by atoms with van der Waals surface area (Å²) in [7, 11) is 0.844. The number of nitrogens with one attached hydrogen (secondary N) is 1. The van der Waals surface area contributed by atoms with Gasteiger partial charge < -0.3 is 10.1 Å². The number of hydrogen-bond acceptors (Lipinski definition) is 4. The van der Waals surface area contributed by atoms with E-state index in [4.69, 9.17) is 0 Å². The molecular weight excluding hydrogens is 384 g/mol. The van der Waals surface area contributed by atoms with Crippen molar-refractivity contribution in [3.05, 3.63) is 44.8 Å². The monoisotopic (exact) mass is 398 g/mol. The molecule has 0 spiro atoms. The smallest absolute Gasteiger partial charge is 0.262 e. The van der Waals surface area contributed by atoms with Gasteiger partial charge >= 0.3 is 0 Å². The third kappa shape index (κ3) is 3.14. The fourth-order valence-electron chi connectivity index (χ4n) is 3.11. The number of fused-ring (bicyclic) bond motifs is 1. The minimum absolute atomic E-state index is 0.108. The average Bonchev–Trinajstić information content (AvgIpc) is 2.96. The summed E-state index contributed by atoms with van der Waals surface area (Å²) >= 11 is 1.13. The Bertz CT molecular complexity index is 952. The van der Waals surface area contributed by atoms with Gasteiger partial charge in [-0.15, -0.1) is 11.3 Å². The zero-order valence-corrected chi connectivity index (χ0v) is 15.2. The van der Waals surface area contributed by atoms with E-state index in [1.54, 1.807) is 0 Å². The standard InChI is InChI=1S/C18H14F4N2O2S/c1-7-3-4-8-9(6-23)18(27-10(8)5-7)24-17(25)11-12(19)14(21)16(26-2)15(22)13(11)20/h7H,3-5H2,1-2H3,(H,24,25)/t7-/m1/s1. The van der Waals surface area contributed by atoms with Gasteiger partial charge in [-0.2, -0.15) is 14.0 Å². The minimum Gasteiger partial charge on any atom is -0.491 e.